The van der Waals surface area contributed by atoms with Gasteiger partial charge in [0.15, 0.2) is 5.69 Å². The number of carbonyl (C=O) groups is 1. The number of aromatic amines is 1. The molecule has 0 saturated carbocycles. The largest absolute Gasteiger partial charge is 0.394 e. The van der Waals surface area contributed by atoms with Crippen molar-refractivity contribution in [2.75, 3.05) is 6.61 Å². The maximum Gasteiger partial charge on any atom is 0.273 e. The fourth-order valence-electron chi connectivity index (χ4n) is 1.47. The third-order valence-corrected chi connectivity index (χ3v) is 2.06. The van der Waals surface area contributed by atoms with Crippen LogP contribution in [0.5, 0.6) is 0 Å². The summed E-state index contributed by atoms with van der Waals surface area (Å²) in [4.78, 5) is 11.6. The van der Waals surface area contributed by atoms with Crippen molar-refractivity contribution in [1.29, 1.82) is 0 Å². The van der Waals surface area contributed by atoms with Crippen LogP contribution in [0.1, 0.15) is 37.7 Å². The number of hydrogen-bond donors (Lipinski definition) is 3. The first kappa shape index (κ1) is 12.6. The molecular formula is C10H18N4O2. The number of amides is 1. The lowest BCUT2D eigenvalue weighted by atomic mass is 9.88. The maximum atomic E-state index is 11.6. The van der Waals surface area contributed by atoms with Gasteiger partial charge in [0.25, 0.3) is 5.91 Å². The monoisotopic (exact) mass is 226 g/mol. The molecule has 90 valence electrons. The van der Waals surface area contributed by atoms with Crippen molar-refractivity contribution in [1.82, 2.24) is 20.7 Å². The third kappa shape index (κ3) is 3.98. The van der Waals surface area contributed by atoms with E-state index in [0.717, 1.165) is 0 Å². The summed E-state index contributed by atoms with van der Waals surface area (Å²) in [5.74, 6) is -0.322. The lowest BCUT2D eigenvalue weighted by Crippen LogP contribution is -2.40. The number of nitrogens with zero attached hydrogens (tertiary/aromatic N) is 2. The van der Waals surface area contributed by atoms with Crippen molar-refractivity contribution in [2.24, 2.45) is 5.41 Å². The molecule has 1 heterocycles. The van der Waals surface area contributed by atoms with Crippen LogP contribution in [0.15, 0.2) is 6.20 Å². The van der Waals surface area contributed by atoms with E-state index >= 15 is 0 Å². The Bertz CT molecular complexity index is 329. The van der Waals surface area contributed by atoms with Crippen molar-refractivity contribution in [3.63, 3.8) is 0 Å². The number of nitrogens with one attached hydrogen (secondary N) is 2. The number of aliphatic hydroxyl groups is 1. The van der Waals surface area contributed by atoms with Gasteiger partial charge in [-0.3, -0.25) is 4.79 Å². The predicted molar refractivity (Wildman–Crippen MR) is 58.8 cm³/mol. The van der Waals surface area contributed by atoms with Crippen LogP contribution in [-0.2, 0) is 0 Å². The van der Waals surface area contributed by atoms with E-state index in [-0.39, 0.29) is 29.7 Å². The first-order valence-electron chi connectivity index (χ1n) is 5.20. The van der Waals surface area contributed by atoms with E-state index in [1.165, 1.54) is 6.20 Å². The number of aromatic nitrogens is 3. The van der Waals surface area contributed by atoms with Gasteiger partial charge in [-0.1, -0.05) is 20.8 Å². The summed E-state index contributed by atoms with van der Waals surface area (Å²) >= 11 is 0. The summed E-state index contributed by atoms with van der Waals surface area (Å²) in [5.41, 5.74) is 0.275. The average molecular weight is 226 g/mol. The minimum absolute atomic E-state index is 0.0461. The molecule has 0 spiro atoms. The zero-order chi connectivity index (χ0) is 12.2. The number of H-pyrrole nitrogens is 1. The molecule has 0 aliphatic carbocycles. The minimum Gasteiger partial charge on any atom is -0.394 e. The highest BCUT2D eigenvalue weighted by molar-refractivity contribution is 5.91. The lowest BCUT2D eigenvalue weighted by molar-refractivity contribution is 0.0892. The quantitative estimate of drug-likeness (QED) is 0.690. The number of rotatable bonds is 4. The van der Waals surface area contributed by atoms with Gasteiger partial charge in [0, 0.05) is 0 Å². The van der Waals surface area contributed by atoms with Gasteiger partial charge in [0.05, 0.1) is 18.8 Å². The Morgan fingerprint density at radius 3 is 2.75 bits per heavy atom. The van der Waals surface area contributed by atoms with Crippen molar-refractivity contribution < 1.29 is 9.90 Å². The third-order valence-electron chi connectivity index (χ3n) is 2.06. The van der Waals surface area contributed by atoms with E-state index in [4.69, 9.17) is 0 Å². The van der Waals surface area contributed by atoms with Gasteiger partial charge in [-0.15, -0.1) is 0 Å². The molecule has 0 bridgehead atoms. The number of hydrogen-bond acceptors (Lipinski definition) is 4. The zero-order valence-electron chi connectivity index (χ0n) is 9.82. The zero-order valence-corrected chi connectivity index (χ0v) is 9.82. The van der Waals surface area contributed by atoms with Gasteiger partial charge < -0.3 is 10.4 Å². The van der Waals surface area contributed by atoms with E-state index in [1.54, 1.807) is 0 Å². The summed E-state index contributed by atoms with van der Waals surface area (Å²) in [6.07, 6.45) is 2.05. The molecule has 6 nitrogen and oxygen atoms in total. The molecule has 1 aromatic heterocycles. The number of carbonyl (C=O) groups excluding carboxylic acids is 1. The summed E-state index contributed by atoms with van der Waals surface area (Å²) in [7, 11) is 0. The molecule has 0 saturated heterocycles. The topological polar surface area (TPSA) is 90.9 Å². The Labute approximate surface area is 94.4 Å². The van der Waals surface area contributed by atoms with E-state index in [9.17, 15) is 9.90 Å². The fraction of sp³-hybridized carbons (Fsp3) is 0.700. The highest BCUT2D eigenvalue weighted by Crippen LogP contribution is 2.20. The van der Waals surface area contributed by atoms with Crippen LogP contribution >= 0.6 is 0 Å². The van der Waals surface area contributed by atoms with Crippen molar-refractivity contribution in [2.45, 2.75) is 33.2 Å². The van der Waals surface area contributed by atoms with Crippen LogP contribution in [-0.4, -0.2) is 39.1 Å². The van der Waals surface area contributed by atoms with Crippen LogP contribution in [0.25, 0.3) is 0 Å². The van der Waals surface area contributed by atoms with E-state index in [1.807, 2.05) is 0 Å². The Hall–Kier alpha value is -1.43. The first-order chi connectivity index (χ1) is 7.42. The average Bonchev–Trinajstić information content (AvgIpc) is 2.67. The molecule has 0 aliphatic heterocycles. The van der Waals surface area contributed by atoms with Crippen molar-refractivity contribution >= 4 is 5.91 Å². The molecule has 0 aromatic carbocycles. The van der Waals surface area contributed by atoms with E-state index in [0.29, 0.717) is 6.42 Å². The number of aliphatic hydroxyl groups excluding tert-OH is 1. The Morgan fingerprint density at radius 1 is 1.62 bits per heavy atom. The normalized spacial score (nSPS) is 13.5. The SMILES string of the molecule is CC(C)(C)CC(CO)NC(=O)c1cn[nH]n1. The smallest absolute Gasteiger partial charge is 0.273 e. The fourth-order valence-corrected chi connectivity index (χ4v) is 1.47. The van der Waals surface area contributed by atoms with E-state index < -0.39 is 0 Å². The van der Waals surface area contributed by atoms with Crippen LogP contribution in [0.3, 0.4) is 0 Å². The van der Waals surface area contributed by atoms with Crippen LogP contribution in [0, 0.1) is 5.41 Å². The van der Waals surface area contributed by atoms with Crippen LogP contribution in [0.2, 0.25) is 0 Å². The second kappa shape index (κ2) is 5.07. The maximum absolute atomic E-state index is 11.6. The summed E-state index contributed by atoms with van der Waals surface area (Å²) in [5, 5.41) is 21.5. The molecule has 0 aliphatic rings. The lowest BCUT2D eigenvalue weighted by Gasteiger charge is -2.25. The van der Waals surface area contributed by atoms with Gasteiger partial charge in [0.2, 0.25) is 0 Å². The summed E-state index contributed by atoms with van der Waals surface area (Å²) in [6, 6.07) is -0.260. The second-order valence-electron chi connectivity index (χ2n) is 4.97. The first-order valence-corrected chi connectivity index (χ1v) is 5.20. The summed E-state index contributed by atoms with van der Waals surface area (Å²) in [6.45, 7) is 6.08. The molecule has 1 unspecified atom stereocenters. The summed E-state index contributed by atoms with van der Waals surface area (Å²) < 4.78 is 0. The van der Waals surface area contributed by atoms with Crippen LogP contribution < -0.4 is 5.32 Å². The highest BCUT2D eigenvalue weighted by Gasteiger charge is 2.21. The molecule has 6 heteroatoms. The Kier molecular flexibility index (Phi) is 4.00. The van der Waals surface area contributed by atoms with E-state index in [2.05, 4.69) is 41.5 Å². The molecule has 0 radical (unpaired) electrons. The van der Waals surface area contributed by atoms with Gasteiger partial charge in [0.1, 0.15) is 0 Å². The second-order valence-corrected chi connectivity index (χ2v) is 4.97. The Balaban J connectivity index is 2.54. The van der Waals surface area contributed by atoms with Gasteiger partial charge in [-0.05, 0) is 11.8 Å². The molecular weight excluding hydrogens is 208 g/mol. The van der Waals surface area contributed by atoms with Gasteiger partial charge >= 0.3 is 0 Å². The standard InChI is InChI=1S/C10H18N4O2/c1-10(2,3)4-7(6-15)12-9(16)8-5-11-14-13-8/h5,7,15H,4,6H2,1-3H3,(H,12,16)(H,11,13,14). The predicted octanol–water partition coefficient (Wildman–Crippen LogP) is 0.332. The molecule has 3 N–H and O–H groups in total. The molecule has 0 fully saturated rings. The Morgan fingerprint density at radius 2 is 2.31 bits per heavy atom. The highest BCUT2D eigenvalue weighted by atomic mass is 16.3. The molecule has 1 amide bonds. The molecule has 1 atom stereocenters. The minimum atomic E-state index is -0.322. The van der Waals surface area contributed by atoms with Gasteiger partial charge in [-0.2, -0.15) is 15.4 Å². The van der Waals surface area contributed by atoms with Gasteiger partial charge in [-0.25, -0.2) is 0 Å². The molecule has 16 heavy (non-hydrogen) atoms. The van der Waals surface area contributed by atoms with Crippen molar-refractivity contribution in [3.05, 3.63) is 11.9 Å². The molecule has 1 aromatic rings. The molecule has 1 rings (SSSR count). The van der Waals surface area contributed by atoms with Crippen LogP contribution in [0.4, 0.5) is 0 Å². The van der Waals surface area contributed by atoms with Crippen molar-refractivity contribution in [3.8, 4) is 0 Å².